The van der Waals surface area contributed by atoms with Gasteiger partial charge in [-0.1, -0.05) is 48.5 Å². The van der Waals surface area contributed by atoms with Crippen molar-refractivity contribution in [3.63, 3.8) is 0 Å². The van der Waals surface area contributed by atoms with Gasteiger partial charge in [-0.25, -0.2) is 4.79 Å². The number of hydrogen-bond acceptors (Lipinski definition) is 7. The number of ether oxygens (including phenoxy) is 3. The minimum atomic E-state index is -1.88. The van der Waals surface area contributed by atoms with Crippen LogP contribution in [-0.2, 0) is 35.0 Å². The van der Waals surface area contributed by atoms with Crippen molar-refractivity contribution in [1.82, 2.24) is 4.90 Å². The van der Waals surface area contributed by atoms with Crippen LogP contribution in [0.4, 0.5) is 0 Å². The van der Waals surface area contributed by atoms with Crippen molar-refractivity contribution in [2.75, 3.05) is 19.8 Å². The molecule has 0 aliphatic carbocycles. The van der Waals surface area contributed by atoms with Crippen molar-refractivity contribution in [2.24, 2.45) is 5.41 Å². The third kappa shape index (κ3) is 5.42. The number of esters is 3. The Bertz CT molecular complexity index is 1040. The summed E-state index contributed by atoms with van der Waals surface area (Å²) < 4.78 is 16.2. The molecule has 8 nitrogen and oxygen atoms in total. The number of benzene rings is 2. The third-order valence-electron chi connectivity index (χ3n) is 6.37. The van der Waals surface area contributed by atoms with Crippen LogP contribution in [-0.4, -0.2) is 60.6 Å². The normalized spacial score (nSPS) is 17.4. The molecule has 0 unspecified atom stereocenters. The highest BCUT2D eigenvalue weighted by atomic mass is 16.6. The van der Waals surface area contributed by atoms with Crippen molar-refractivity contribution in [1.29, 1.82) is 0 Å². The van der Waals surface area contributed by atoms with Gasteiger partial charge < -0.3 is 19.1 Å². The molecule has 36 heavy (non-hydrogen) atoms. The number of carbonyl (C=O) groups is 4. The molecule has 0 aromatic heterocycles. The summed E-state index contributed by atoms with van der Waals surface area (Å²) in [7, 11) is 0. The summed E-state index contributed by atoms with van der Waals surface area (Å²) in [5.41, 5.74) is -0.843. The van der Waals surface area contributed by atoms with Crippen LogP contribution in [0.1, 0.15) is 49.5 Å². The average Bonchev–Trinajstić information content (AvgIpc) is 3.34. The zero-order valence-electron chi connectivity index (χ0n) is 21.0. The first-order valence-electron chi connectivity index (χ1n) is 12.3. The van der Waals surface area contributed by atoms with Gasteiger partial charge in [-0.15, -0.1) is 0 Å². The van der Waals surface area contributed by atoms with Gasteiger partial charge in [0.05, 0.1) is 25.9 Å². The minimum Gasteiger partial charge on any atom is -0.465 e. The zero-order valence-corrected chi connectivity index (χ0v) is 21.0. The fourth-order valence-electron chi connectivity index (χ4n) is 4.83. The van der Waals surface area contributed by atoms with E-state index in [0.29, 0.717) is 11.1 Å². The Hall–Kier alpha value is -3.68. The Kier molecular flexibility index (Phi) is 9.22. The van der Waals surface area contributed by atoms with E-state index in [1.807, 2.05) is 6.07 Å². The lowest BCUT2D eigenvalue weighted by molar-refractivity contribution is -0.177. The van der Waals surface area contributed by atoms with E-state index in [4.69, 9.17) is 14.2 Å². The average molecular weight is 496 g/mol. The van der Waals surface area contributed by atoms with E-state index in [9.17, 15) is 19.2 Å². The minimum absolute atomic E-state index is 0.0371. The second-order valence-corrected chi connectivity index (χ2v) is 8.51. The lowest BCUT2D eigenvalue weighted by Crippen LogP contribution is -2.60. The molecule has 1 saturated heterocycles. The highest BCUT2D eigenvalue weighted by molar-refractivity contribution is 6.04. The smallest absolute Gasteiger partial charge is 0.328 e. The van der Waals surface area contributed by atoms with Crippen molar-refractivity contribution in [3.8, 4) is 0 Å². The summed E-state index contributed by atoms with van der Waals surface area (Å²) in [6.45, 7) is 5.20. The van der Waals surface area contributed by atoms with E-state index in [1.165, 1.54) is 4.90 Å². The van der Waals surface area contributed by atoms with Crippen LogP contribution in [0.25, 0.3) is 0 Å². The SMILES string of the molecule is CCOC(=O)[C@@H]1CC[C@@H](C(Cc2ccccc2)(C(=O)OCC)C(=O)OCC)N1C(=O)c1ccccc1. The lowest BCUT2D eigenvalue weighted by atomic mass is 9.73. The summed E-state index contributed by atoms with van der Waals surface area (Å²) in [6.07, 6.45) is 0.397. The topological polar surface area (TPSA) is 99.2 Å². The molecule has 1 heterocycles. The molecule has 2 aromatic carbocycles. The molecule has 2 aromatic rings. The largest absolute Gasteiger partial charge is 0.465 e. The van der Waals surface area contributed by atoms with Crippen LogP contribution in [0.2, 0.25) is 0 Å². The number of hydrogen-bond donors (Lipinski definition) is 0. The number of rotatable bonds is 10. The molecule has 0 spiro atoms. The Morgan fingerprint density at radius 2 is 1.31 bits per heavy atom. The van der Waals surface area contributed by atoms with Crippen molar-refractivity contribution >= 4 is 23.8 Å². The third-order valence-corrected chi connectivity index (χ3v) is 6.37. The van der Waals surface area contributed by atoms with E-state index in [0.717, 1.165) is 0 Å². The number of amides is 1. The first-order valence-corrected chi connectivity index (χ1v) is 12.3. The van der Waals surface area contributed by atoms with Crippen LogP contribution < -0.4 is 0 Å². The van der Waals surface area contributed by atoms with E-state index < -0.39 is 41.3 Å². The first-order chi connectivity index (χ1) is 17.4. The second kappa shape index (κ2) is 12.3. The van der Waals surface area contributed by atoms with Gasteiger partial charge in [-0.05, 0) is 51.3 Å². The maximum Gasteiger partial charge on any atom is 0.328 e. The molecule has 192 valence electrons. The fraction of sp³-hybridized carbons (Fsp3) is 0.429. The molecule has 0 radical (unpaired) electrons. The number of likely N-dealkylation sites (tertiary alicyclic amines) is 1. The molecular formula is C28H33NO7. The van der Waals surface area contributed by atoms with E-state index in [-0.39, 0.29) is 39.1 Å². The standard InChI is InChI=1S/C28H33NO7/c1-4-34-25(31)22-17-18-23(29(22)24(30)21-15-11-8-12-16-21)28(26(32)35-5-2,27(33)36-6-3)19-20-13-9-7-10-14-20/h7-16,22-23H,4-6,17-19H2,1-3H3/t22-,23-/m0/s1. The molecule has 1 amide bonds. The highest BCUT2D eigenvalue weighted by Gasteiger charge is 2.61. The van der Waals surface area contributed by atoms with Crippen molar-refractivity contribution in [2.45, 2.75) is 52.1 Å². The van der Waals surface area contributed by atoms with E-state index in [2.05, 4.69) is 0 Å². The van der Waals surface area contributed by atoms with Crippen LogP contribution in [0.3, 0.4) is 0 Å². The predicted octanol–water partition coefficient (Wildman–Crippen LogP) is 3.58. The lowest BCUT2D eigenvalue weighted by Gasteiger charge is -2.40. The number of carbonyl (C=O) groups excluding carboxylic acids is 4. The van der Waals surface area contributed by atoms with Gasteiger partial charge in [0.1, 0.15) is 6.04 Å². The van der Waals surface area contributed by atoms with Crippen LogP contribution >= 0.6 is 0 Å². The Labute approximate surface area is 211 Å². The molecule has 0 saturated carbocycles. The summed E-state index contributed by atoms with van der Waals surface area (Å²) in [5, 5.41) is 0. The van der Waals surface area contributed by atoms with Crippen molar-refractivity contribution < 1.29 is 33.4 Å². The van der Waals surface area contributed by atoms with Gasteiger partial charge in [0.2, 0.25) is 0 Å². The van der Waals surface area contributed by atoms with E-state index in [1.54, 1.807) is 75.4 Å². The molecule has 1 aliphatic heterocycles. The molecule has 1 fully saturated rings. The quantitative estimate of drug-likeness (QED) is 0.282. The van der Waals surface area contributed by atoms with Crippen molar-refractivity contribution in [3.05, 3.63) is 71.8 Å². The molecule has 0 bridgehead atoms. The van der Waals surface area contributed by atoms with Crippen LogP contribution in [0.15, 0.2) is 60.7 Å². The highest BCUT2D eigenvalue weighted by Crippen LogP contribution is 2.43. The maximum absolute atomic E-state index is 13.9. The summed E-state index contributed by atoms with van der Waals surface area (Å²) >= 11 is 0. The summed E-state index contributed by atoms with van der Waals surface area (Å²) in [6, 6.07) is 15.6. The van der Waals surface area contributed by atoms with Gasteiger partial charge >= 0.3 is 17.9 Å². The van der Waals surface area contributed by atoms with Gasteiger partial charge in [0.15, 0.2) is 5.41 Å². The molecule has 2 atom stereocenters. The van der Waals surface area contributed by atoms with Crippen LogP contribution in [0, 0.1) is 5.41 Å². The molecule has 0 N–H and O–H groups in total. The van der Waals surface area contributed by atoms with Gasteiger partial charge in [0, 0.05) is 12.0 Å². The fourth-order valence-corrected chi connectivity index (χ4v) is 4.83. The molecular weight excluding hydrogens is 462 g/mol. The van der Waals surface area contributed by atoms with Gasteiger partial charge in [0.25, 0.3) is 5.91 Å². The molecule has 3 rings (SSSR count). The number of nitrogens with zero attached hydrogens (tertiary/aromatic N) is 1. The molecule has 8 heteroatoms. The Morgan fingerprint density at radius 1 is 0.778 bits per heavy atom. The zero-order chi connectivity index (χ0) is 26.1. The molecule has 1 aliphatic rings. The predicted molar refractivity (Wildman–Crippen MR) is 132 cm³/mol. The van der Waals surface area contributed by atoms with Gasteiger partial charge in [-0.2, -0.15) is 0 Å². The summed E-state index contributed by atoms with van der Waals surface area (Å²) in [5.74, 6) is -2.62. The summed E-state index contributed by atoms with van der Waals surface area (Å²) in [4.78, 5) is 55.6. The van der Waals surface area contributed by atoms with Gasteiger partial charge in [-0.3, -0.25) is 14.4 Å². The second-order valence-electron chi connectivity index (χ2n) is 8.51. The van der Waals surface area contributed by atoms with Crippen LogP contribution in [0.5, 0.6) is 0 Å². The van der Waals surface area contributed by atoms with E-state index >= 15 is 0 Å². The monoisotopic (exact) mass is 495 g/mol. The Balaban J connectivity index is 2.20. The Morgan fingerprint density at radius 3 is 1.83 bits per heavy atom. The maximum atomic E-state index is 13.9. The first kappa shape index (κ1) is 26.9.